The molecule has 1 N–H and O–H groups in total. The number of halogens is 1. The van der Waals surface area contributed by atoms with E-state index in [9.17, 15) is 9.18 Å². The summed E-state index contributed by atoms with van der Waals surface area (Å²) in [4.78, 5) is 12.5. The van der Waals surface area contributed by atoms with Crippen molar-refractivity contribution in [1.29, 1.82) is 0 Å². The molecule has 3 nitrogen and oxygen atoms in total. The van der Waals surface area contributed by atoms with E-state index in [1.165, 1.54) is 18.2 Å². The van der Waals surface area contributed by atoms with Gasteiger partial charge in [-0.15, -0.1) is 0 Å². The molecule has 18 heavy (non-hydrogen) atoms. The smallest absolute Gasteiger partial charge is 0.328 e. The highest BCUT2D eigenvalue weighted by molar-refractivity contribution is 7.98. The second kappa shape index (κ2) is 7.06. The second-order valence-corrected chi connectivity index (χ2v) is 4.77. The fraction of sp³-hybridized carbons (Fsp3) is 0.308. The third-order valence-electron chi connectivity index (χ3n) is 2.44. The number of carbonyl (C=O) groups is 1. The van der Waals surface area contributed by atoms with E-state index in [0.717, 1.165) is 24.1 Å². The van der Waals surface area contributed by atoms with Gasteiger partial charge in [-0.1, -0.05) is 0 Å². The number of carboxylic acid groups (broad SMARTS) is 1. The summed E-state index contributed by atoms with van der Waals surface area (Å²) in [6, 6.07) is 4.38. The molecule has 0 fully saturated rings. The Morgan fingerprint density at radius 3 is 2.89 bits per heavy atom. The molecule has 0 aliphatic heterocycles. The first-order chi connectivity index (χ1) is 8.54. The van der Waals surface area contributed by atoms with Crippen LogP contribution in [0.15, 0.2) is 24.3 Å². The maximum atomic E-state index is 13.2. The zero-order chi connectivity index (χ0) is 13.5. The summed E-state index contributed by atoms with van der Waals surface area (Å²) in [7, 11) is 1.90. The molecule has 5 heteroatoms. The molecule has 1 aromatic carbocycles. The first-order valence-electron chi connectivity index (χ1n) is 5.45. The predicted molar refractivity (Wildman–Crippen MR) is 74.7 cm³/mol. The van der Waals surface area contributed by atoms with Crippen molar-refractivity contribution in [1.82, 2.24) is 0 Å². The molecule has 0 radical (unpaired) electrons. The Hall–Kier alpha value is -1.49. The average Bonchev–Trinajstić information content (AvgIpc) is 2.33. The Morgan fingerprint density at radius 2 is 2.28 bits per heavy atom. The molecule has 1 aromatic rings. The predicted octanol–water partition coefficient (Wildman–Crippen LogP) is 2.72. The molecule has 0 amide bonds. The van der Waals surface area contributed by atoms with E-state index < -0.39 is 5.97 Å². The summed E-state index contributed by atoms with van der Waals surface area (Å²) >= 11 is 1.72. The monoisotopic (exact) mass is 269 g/mol. The molecule has 0 aliphatic rings. The molecule has 0 saturated heterocycles. The van der Waals surface area contributed by atoms with Crippen molar-refractivity contribution >= 4 is 29.5 Å². The van der Waals surface area contributed by atoms with Gasteiger partial charge < -0.3 is 10.0 Å². The summed E-state index contributed by atoms with van der Waals surface area (Å²) in [6.45, 7) is 0.820. The molecule has 0 aromatic heterocycles. The van der Waals surface area contributed by atoms with Crippen molar-refractivity contribution in [3.63, 3.8) is 0 Å². The van der Waals surface area contributed by atoms with Gasteiger partial charge >= 0.3 is 5.97 Å². The quantitative estimate of drug-likeness (QED) is 0.806. The van der Waals surface area contributed by atoms with Gasteiger partial charge in [-0.2, -0.15) is 11.8 Å². The summed E-state index contributed by atoms with van der Waals surface area (Å²) in [5.41, 5.74) is 1.39. The van der Waals surface area contributed by atoms with Crippen LogP contribution in [0.2, 0.25) is 0 Å². The van der Waals surface area contributed by atoms with Crippen molar-refractivity contribution in [2.24, 2.45) is 0 Å². The van der Waals surface area contributed by atoms with Gasteiger partial charge in [0.15, 0.2) is 0 Å². The van der Waals surface area contributed by atoms with Gasteiger partial charge in [-0.25, -0.2) is 9.18 Å². The van der Waals surface area contributed by atoms with Gasteiger partial charge in [0.1, 0.15) is 5.82 Å². The van der Waals surface area contributed by atoms with E-state index in [1.54, 1.807) is 17.8 Å². The number of anilines is 1. The Labute approximate surface area is 110 Å². The summed E-state index contributed by atoms with van der Waals surface area (Å²) in [5.74, 6) is -0.463. The van der Waals surface area contributed by atoms with Crippen LogP contribution in [0.1, 0.15) is 5.56 Å². The van der Waals surface area contributed by atoms with Gasteiger partial charge in [0, 0.05) is 36.7 Å². The number of hydrogen-bond donors (Lipinski definition) is 1. The lowest BCUT2D eigenvalue weighted by Crippen LogP contribution is -2.21. The SMILES string of the molecule is CSCCN(C)c1ccc(F)cc1/C=C/C(=O)O. The number of rotatable bonds is 6. The lowest BCUT2D eigenvalue weighted by molar-refractivity contribution is -0.131. The first kappa shape index (κ1) is 14.6. The third kappa shape index (κ3) is 4.41. The van der Waals surface area contributed by atoms with Gasteiger partial charge in [0.2, 0.25) is 0 Å². The first-order valence-corrected chi connectivity index (χ1v) is 6.84. The molecule has 0 saturated carbocycles. The van der Waals surface area contributed by atoms with Crippen molar-refractivity contribution < 1.29 is 14.3 Å². The summed E-state index contributed by atoms with van der Waals surface area (Å²) in [5, 5.41) is 8.62. The Morgan fingerprint density at radius 1 is 1.56 bits per heavy atom. The van der Waals surface area contributed by atoms with Gasteiger partial charge in [0.05, 0.1) is 0 Å². The molecule has 1 rings (SSSR count). The molecule has 0 aliphatic carbocycles. The van der Waals surface area contributed by atoms with Crippen LogP contribution in [-0.4, -0.2) is 36.7 Å². The fourth-order valence-corrected chi connectivity index (χ4v) is 1.97. The topological polar surface area (TPSA) is 40.5 Å². The number of aliphatic carboxylic acids is 1. The van der Waals surface area contributed by atoms with Crippen LogP contribution in [0.25, 0.3) is 6.08 Å². The van der Waals surface area contributed by atoms with E-state index in [2.05, 4.69) is 0 Å². The summed E-state index contributed by atoms with van der Waals surface area (Å²) in [6.07, 6.45) is 4.45. The Balaban J connectivity index is 2.98. The molecule has 0 spiro atoms. The van der Waals surface area contributed by atoms with Crippen LogP contribution in [0.3, 0.4) is 0 Å². The average molecular weight is 269 g/mol. The standard InChI is InChI=1S/C13H16FNO2S/c1-15(7-8-18-2)12-5-4-11(14)9-10(12)3-6-13(16)17/h3-6,9H,7-8H2,1-2H3,(H,16,17)/b6-3+. The maximum Gasteiger partial charge on any atom is 0.328 e. The van der Waals surface area contributed by atoms with Crippen LogP contribution >= 0.6 is 11.8 Å². The van der Waals surface area contributed by atoms with Crippen molar-refractivity contribution in [2.75, 3.05) is 30.5 Å². The lowest BCUT2D eigenvalue weighted by Gasteiger charge is -2.21. The minimum atomic E-state index is -1.04. The zero-order valence-corrected chi connectivity index (χ0v) is 11.2. The molecule has 0 heterocycles. The van der Waals surface area contributed by atoms with Gasteiger partial charge in [0.25, 0.3) is 0 Å². The third-order valence-corrected chi connectivity index (χ3v) is 3.03. The highest BCUT2D eigenvalue weighted by Gasteiger charge is 2.07. The number of carboxylic acids is 1. The van der Waals surface area contributed by atoms with Crippen LogP contribution in [-0.2, 0) is 4.79 Å². The molecule has 0 bridgehead atoms. The number of nitrogens with zero attached hydrogens (tertiary/aromatic N) is 1. The minimum absolute atomic E-state index is 0.373. The number of benzene rings is 1. The number of thioether (sulfide) groups is 1. The molecular formula is C13H16FNO2S. The van der Waals surface area contributed by atoms with E-state index in [-0.39, 0.29) is 5.82 Å². The van der Waals surface area contributed by atoms with Crippen LogP contribution < -0.4 is 4.90 Å². The summed E-state index contributed by atoms with van der Waals surface area (Å²) < 4.78 is 13.2. The fourth-order valence-electron chi connectivity index (χ4n) is 1.52. The molecular weight excluding hydrogens is 253 g/mol. The highest BCUT2D eigenvalue weighted by atomic mass is 32.2. The minimum Gasteiger partial charge on any atom is -0.478 e. The van der Waals surface area contributed by atoms with E-state index in [4.69, 9.17) is 5.11 Å². The largest absolute Gasteiger partial charge is 0.478 e. The van der Waals surface area contributed by atoms with E-state index in [1.807, 2.05) is 18.2 Å². The zero-order valence-electron chi connectivity index (χ0n) is 10.4. The molecule has 0 atom stereocenters. The van der Waals surface area contributed by atoms with E-state index in [0.29, 0.717) is 5.56 Å². The van der Waals surface area contributed by atoms with Gasteiger partial charge in [-0.3, -0.25) is 0 Å². The molecule has 98 valence electrons. The van der Waals surface area contributed by atoms with Crippen molar-refractivity contribution in [3.05, 3.63) is 35.7 Å². The second-order valence-electron chi connectivity index (χ2n) is 3.79. The van der Waals surface area contributed by atoms with Crippen molar-refractivity contribution in [2.45, 2.75) is 0 Å². The maximum absolute atomic E-state index is 13.2. The lowest BCUT2D eigenvalue weighted by atomic mass is 10.1. The van der Waals surface area contributed by atoms with Crippen molar-refractivity contribution in [3.8, 4) is 0 Å². The van der Waals surface area contributed by atoms with Crippen LogP contribution in [0, 0.1) is 5.82 Å². The van der Waals surface area contributed by atoms with Crippen LogP contribution in [0.4, 0.5) is 10.1 Å². The van der Waals surface area contributed by atoms with Crippen LogP contribution in [0.5, 0.6) is 0 Å². The highest BCUT2D eigenvalue weighted by Crippen LogP contribution is 2.22. The van der Waals surface area contributed by atoms with E-state index >= 15 is 0 Å². The van der Waals surface area contributed by atoms with Gasteiger partial charge in [-0.05, 0) is 30.5 Å². The Bertz CT molecular complexity index is 449. The number of hydrogen-bond acceptors (Lipinski definition) is 3. The normalized spacial score (nSPS) is 10.8. The Kier molecular flexibility index (Phi) is 5.71. The molecule has 0 unspecified atom stereocenters.